The quantitative estimate of drug-likeness (QED) is 0.811. The van der Waals surface area contributed by atoms with E-state index >= 15 is 0 Å². The predicted molar refractivity (Wildman–Crippen MR) is 83.8 cm³/mol. The van der Waals surface area contributed by atoms with Crippen LogP contribution in [0.25, 0.3) is 0 Å². The van der Waals surface area contributed by atoms with Crippen LogP contribution in [0.5, 0.6) is 0 Å². The second kappa shape index (κ2) is 7.76. The molecule has 5 heteroatoms. The van der Waals surface area contributed by atoms with Gasteiger partial charge in [-0.15, -0.1) is 0 Å². The molecule has 2 aliphatic rings. The average molecular weight is 302 g/mol. The molecule has 118 valence electrons. The van der Waals surface area contributed by atoms with E-state index in [1.54, 1.807) is 6.92 Å². The van der Waals surface area contributed by atoms with Crippen LogP contribution in [-0.2, 0) is 9.84 Å². The van der Waals surface area contributed by atoms with E-state index in [-0.39, 0.29) is 5.75 Å². The fourth-order valence-corrected chi connectivity index (χ4v) is 4.52. The van der Waals surface area contributed by atoms with E-state index < -0.39 is 9.84 Å². The number of piperazine rings is 1. The molecule has 20 heavy (non-hydrogen) atoms. The van der Waals surface area contributed by atoms with Gasteiger partial charge in [0.1, 0.15) is 9.84 Å². The zero-order valence-electron chi connectivity index (χ0n) is 12.8. The van der Waals surface area contributed by atoms with Gasteiger partial charge < -0.3 is 5.32 Å². The monoisotopic (exact) mass is 302 g/mol. The van der Waals surface area contributed by atoms with Crippen LogP contribution in [0.2, 0.25) is 0 Å². The molecule has 0 radical (unpaired) electrons. The Kier molecular flexibility index (Phi) is 6.30. The van der Waals surface area contributed by atoms with Gasteiger partial charge in [0.2, 0.25) is 0 Å². The zero-order chi connectivity index (χ0) is 14.4. The van der Waals surface area contributed by atoms with Crippen molar-refractivity contribution in [2.45, 2.75) is 51.5 Å². The van der Waals surface area contributed by atoms with E-state index in [0.717, 1.165) is 38.5 Å². The lowest BCUT2D eigenvalue weighted by Crippen LogP contribution is -2.55. The van der Waals surface area contributed by atoms with Gasteiger partial charge in [-0.05, 0) is 31.7 Å². The molecule has 0 aromatic carbocycles. The predicted octanol–water partition coefficient (Wildman–Crippen LogP) is 1.67. The standard InChI is InChI=1S/C15H30N2O2S/c1-2-20(18,19)12-6-10-17-11-9-16-13-15(17)14-7-4-3-5-8-14/h14-16H,2-13H2,1H3. The topological polar surface area (TPSA) is 49.4 Å². The molecule has 1 aliphatic carbocycles. The molecule has 0 amide bonds. The smallest absolute Gasteiger partial charge is 0.150 e. The van der Waals surface area contributed by atoms with Crippen molar-refractivity contribution < 1.29 is 8.42 Å². The van der Waals surface area contributed by atoms with Crippen LogP contribution in [0.4, 0.5) is 0 Å². The van der Waals surface area contributed by atoms with Gasteiger partial charge in [-0.2, -0.15) is 0 Å². The van der Waals surface area contributed by atoms with Gasteiger partial charge in [0.15, 0.2) is 0 Å². The van der Waals surface area contributed by atoms with E-state index in [0.29, 0.717) is 11.8 Å². The molecule has 0 aromatic heterocycles. The average Bonchev–Trinajstić information content (AvgIpc) is 2.48. The summed E-state index contributed by atoms with van der Waals surface area (Å²) >= 11 is 0. The highest BCUT2D eigenvalue weighted by atomic mass is 32.2. The van der Waals surface area contributed by atoms with Crippen LogP contribution in [0, 0.1) is 5.92 Å². The Morgan fingerprint density at radius 1 is 1.20 bits per heavy atom. The van der Waals surface area contributed by atoms with E-state index in [2.05, 4.69) is 10.2 Å². The number of sulfone groups is 1. The number of nitrogens with zero attached hydrogens (tertiary/aromatic N) is 1. The summed E-state index contributed by atoms with van der Waals surface area (Å²) in [5, 5.41) is 3.52. The Balaban J connectivity index is 1.83. The maximum absolute atomic E-state index is 11.6. The molecule has 1 saturated heterocycles. The summed E-state index contributed by atoms with van der Waals surface area (Å²) in [6, 6.07) is 0.633. The van der Waals surface area contributed by atoms with Crippen LogP contribution < -0.4 is 5.32 Å². The summed E-state index contributed by atoms with van der Waals surface area (Å²) in [4.78, 5) is 2.55. The molecule has 0 bridgehead atoms. The van der Waals surface area contributed by atoms with E-state index in [1.165, 1.54) is 32.1 Å². The van der Waals surface area contributed by atoms with Crippen molar-refractivity contribution in [1.82, 2.24) is 10.2 Å². The number of hydrogen-bond donors (Lipinski definition) is 1. The molecule has 0 spiro atoms. The molecule has 1 atom stereocenters. The summed E-state index contributed by atoms with van der Waals surface area (Å²) in [6.07, 6.45) is 7.65. The van der Waals surface area contributed by atoms with Gasteiger partial charge in [-0.25, -0.2) is 8.42 Å². The fraction of sp³-hybridized carbons (Fsp3) is 1.00. The Bertz CT molecular complexity index is 377. The van der Waals surface area contributed by atoms with Gasteiger partial charge >= 0.3 is 0 Å². The first kappa shape index (κ1) is 16.2. The number of rotatable bonds is 6. The molecule has 2 fully saturated rings. The minimum absolute atomic E-state index is 0.278. The minimum atomic E-state index is -2.80. The highest BCUT2D eigenvalue weighted by molar-refractivity contribution is 7.91. The van der Waals surface area contributed by atoms with Gasteiger partial charge in [0.25, 0.3) is 0 Å². The van der Waals surface area contributed by atoms with E-state index in [4.69, 9.17) is 0 Å². The highest BCUT2D eigenvalue weighted by Gasteiger charge is 2.30. The lowest BCUT2D eigenvalue weighted by Gasteiger charge is -2.42. The van der Waals surface area contributed by atoms with Crippen molar-refractivity contribution in [3.63, 3.8) is 0 Å². The van der Waals surface area contributed by atoms with Crippen LogP contribution in [0.1, 0.15) is 45.4 Å². The molecule has 1 aliphatic heterocycles. The maximum atomic E-state index is 11.6. The molecule has 1 N–H and O–H groups in total. The second-order valence-corrected chi connectivity index (χ2v) is 8.77. The molecule has 0 aromatic rings. The third-order valence-electron chi connectivity index (χ3n) is 4.93. The zero-order valence-corrected chi connectivity index (χ0v) is 13.6. The second-order valence-electron chi connectivity index (χ2n) is 6.30. The van der Waals surface area contributed by atoms with Gasteiger partial charge in [0, 0.05) is 31.4 Å². The summed E-state index contributed by atoms with van der Waals surface area (Å²) in [5.41, 5.74) is 0. The van der Waals surface area contributed by atoms with Gasteiger partial charge in [-0.1, -0.05) is 26.2 Å². The largest absolute Gasteiger partial charge is 0.314 e. The van der Waals surface area contributed by atoms with Gasteiger partial charge in [0.05, 0.1) is 5.75 Å². The molecule has 4 nitrogen and oxygen atoms in total. The third kappa shape index (κ3) is 4.71. The minimum Gasteiger partial charge on any atom is -0.314 e. The summed E-state index contributed by atoms with van der Waals surface area (Å²) in [7, 11) is -2.80. The molecule has 1 heterocycles. The maximum Gasteiger partial charge on any atom is 0.150 e. The van der Waals surface area contributed by atoms with Crippen molar-refractivity contribution in [2.75, 3.05) is 37.7 Å². The van der Waals surface area contributed by atoms with Crippen LogP contribution >= 0.6 is 0 Å². The number of hydrogen-bond acceptors (Lipinski definition) is 4. The van der Waals surface area contributed by atoms with Crippen molar-refractivity contribution in [3.05, 3.63) is 0 Å². The molecule has 1 saturated carbocycles. The van der Waals surface area contributed by atoms with Crippen molar-refractivity contribution >= 4 is 9.84 Å². The first-order valence-corrected chi connectivity index (χ1v) is 10.1. The van der Waals surface area contributed by atoms with Crippen molar-refractivity contribution in [1.29, 1.82) is 0 Å². The summed E-state index contributed by atoms with van der Waals surface area (Å²) < 4.78 is 23.2. The van der Waals surface area contributed by atoms with E-state index in [1.807, 2.05) is 0 Å². The Labute approximate surface area is 124 Å². The molecular formula is C15H30N2O2S. The first-order valence-electron chi connectivity index (χ1n) is 8.27. The summed E-state index contributed by atoms with van der Waals surface area (Å²) in [5.74, 6) is 1.45. The lowest BCUT2D eigenvalue weighted by molar-refractivity contribution is 0.0929. The third-order valence-corrected chi connectivity index (χ3v) is 6.72. The lowest BCUT2D eigenvalue weighted by atomic mass is 9.82. The first-order chi connectivity index (χ1) is 9.62. The molecule has 1 unspecified atom stereocenters. The SMILES string of the molecule is CCS(=O)(=O)CCCN1CCNCC1C1CCCCC1. The Morgan fingerprint density at radius 2 is 1.95 bits per heavy atom. The van der Waals surface area contributed by atoms with E-state index in [9.17, 15) is 8.42 Å². The number of nitrogens with one attached hydrogen (secondary N) is 1. The van der Waals surface area contributed by atoms with Crippen molar-refractivity contribution in [2.24, 2.45) is 5.92 Å². The highest BCUT2D eigenvalue weighted by Crippen LogP contribution is 2.29. The van der Waals surface area contributed by atoms with Gasteiger partial charge in [-0.3, -0.25) is 4.90 Å². The van der Waals surface area contributed by atoms with Crippen LogP contribution in [0.15, 0.2) is 0 Å². The van der Waals surface area contributed by atoms with Crippen LogP contribution in [0.3, 0.4) is 0 Å². The Hall–Kier alpha value is -0.130. The molecular weight excluding hydrogens is 272 g/mol. The Morgan fingerprint density at radius 3 is 2.65 bits per heavy atom. The van der Waals surface area contributed by atoms with Crippen LogP contribution in [-0.4, -0.2) is 57.0 Å². The summed E-state index contributed by atoms with van der Waals surface area (Å²) in [6.45, 7) is 5.90. The normalized spacial score (nSPS) is 26.8. The fourth-order valence-electron chi connectivity index (χ4n) is 3.66. The van der Waals surface area contributed by atoms with Crippen molar-refractivity contribution in [3.8, 4) is 0 Å². The molecule has 2 rings (SSSR count).